The van der Waals surface area contributed by atoms with Crippen LogP contribution >= 0.6 is 11.6 Å². The highest BCUT2D eigenvalue weighted by Crippen LogP contribution is 2.23. The van der Waals surface area contributed by atoms with Gasteiger partial charge in [0.15, 0.2) is 5.69 Å². The highest BCUT2D eigenvalue weighted by Gasteiger charge is 2.19. The standard InChI is InChI=1S/C11H11ClN2O2/c1-6(2)10-13-9(11(15)16)7-4-3-5-8(12)14(7)10/h3-6H,1-2H3,(H,15,16). The number of hydrogen-bond donors (Lipinski definition) is 1. The molecule has 0 atom stereocenters. The summed E-state index contributed by atoms with van der Waals surface area (Å²) in [5.74, 6) is -0.259. The van der Waals surface area contributed by atoms with Gasteiger partial charge in [-0.1, -0.05) is 31.5 Å². The molecular weight excluding hydrogens is 228 g/mol. The Hall–Kier alpha value is -1.55. The van der Waals surface area contributed by atoms with Crippen LogP contribution in [0.15, 0.2) is 18.2 Å². The number of nitrogens with zero attached hydrogens (tertiary/aromatic N) is 2. The molecule has 2 aromatic rings. The van der Waals surface area contributed by atoms with Gasteiger partial charge < -0.3 is 5.11 Å². The van der Waals surface area contributed by atoms with E-state index in [2.05, 4.69) is 4.98 Å². The van der Waals surface area contributed by atoms with Gasteiger partial charge in [0.2, 0.25) is 0 Å². The summed E-state index contributed by atoms with van der Waals surface area (Å²) in [6.45, 7) is 3.90. The van der Waals surface area contributed by atoms with Gasteiger partial charge in [0.25, 0.3) is 0 Å². The molecule has 0 fully saturated rings. The second kappa shape index (κ2) is 3.79. The first-order chi connectivity index (χ1) is 7.52. The van der Waals surface area contributed by atoms with E-state index in [1.807, 2.05) is 13.8 Å². The smallest absolute Gasteiger partial charge is 0.356 e. The molecule has 0 spiro atoms. The molecule has 4 nitrogen and oxygen atoms in total. The highest BCUT2D eigenvalue weighted by atomic mass is 35.5. The highest BCUT2D eigenvalue weighted by molar-refractivity contribution is 6.29. The molecule has 2 aromatic heterocycles. The minimum atomic E-state index is -1.04. The van der Waals surface area contributed by atoms with Gasteiger partial charge in [-0.25, -0.2) is 9.78 Å². The summed E-state index contributed by atoms with van der Waals surface area (Å²) in [4.78, 5) is 15.2. The third kappa shape index (κ3) is 1.55. The molecule has 0 bridgehead atoms. The lowest BCUT2D eigenvalue weighted by molar-refractivity contribution is 0.0693. The van der Waals surface area contributed by atoms with Crippen molar-refractivity contribution in [2.75, 3.05) is 0 Å². The summed E-state index contributed by atoms with van der Waals surface area (Å²) in [6.07, 6.45) is 0. The number of imidazole rings is 1. The summed E-state index contributed by atoms with van der Waals surface area (Å²) in [5.41, 5.74) is 0.579. The van der Waals surface area contributed by atoms with Crippen LogP contribution in [0, 0.1) is 0 Å². The van der Waals surface area contributed by atoms with E-state index in [1.54, 1.807) is 22.6 Å². The van der Waals surface area contributed by atoms with Crippen LogP contribution in [0.25, 0.3) is 5.52 Å². The van der Waals surface area contributed by atoms with Gasteiger partial charge in [-0.15, -0.1) is 0 Å². The predicted octanol–water partition coefficient (Wildman–Crippen LogP) is 2.81. The molecule has 84 valence electrons. The molecule has 0 saturated carbocycles. The Bertz CT molecular complexity index is 560. The van der Waals surface area contributed by atoms with E-state index in [-0.39, 0.29) is 11.6 Å². The van der Waals surface area contributed by atoms with Crippen molar-refractivity contribution in [2.45, 2.75) is 19.8 Å². The Morgan fingerprint density at radius 1 is 1.50 bits per heavy atom. The van der Waals surface area contributed by atoms with Crippen molar-refractivity contribution in [1.82, 2.24) is 9.38 Å². The molecule has 2 rings (SSSR count). The molecular formula is C11H11ClN2O2. The van der Waals surface area contributed by atoms with Crippen LogP contribution in [0.1, 0.15) is 36.1 Å². The van der Waals surface area contributed by atoms with Crippen LogP contribution in [0.2, 0.25) is 5.15 Å². The number of hydrogen-bond acceptors (Lipinski definition) is 2. The molecule has 0 unspecified atom stereocenters. The average molecular weight is 239 g/mol. The van der Waals surface area contributed by atoms with E-state index in [4.69, 9.17) is 16.7 Å². The van der Waals surface area contributed by atoms with E-state index in [0.717, 1.165) is 0 Å². The van der Waals surface area contributed by atoms with Gasteiger partial charge >= 0.3 is 5.97 Å². The van der Waals surface area contributed by atoms with E-state index >= 15 is 0 Å². The fraction of sp³-hybridized carbons (Fsp3) is 0.273. The predicted molar refractivity (Wildman–Crippen MR) is 61.3 cm³/mol. The van der Waals surface area contributed by atoms with Crippen LogP contribution < -0.4 is 0 Å². The first-order valence-electron chi connectivity index (χ1n) is 4.92. The Morgan fingerprint density at radius 3 is 2.75 bits per heavy atom. The molecule has 2 heterocycles. The zero-order chi connectivity index (χ0) is 11.9. The lowest BCUT2D eigenvalue weighted by Gasteiger charge is -2.05. The molecule has 0 aliphatic heterocycles. The largest absolute Gasteiger partial charge is 0.476 e. The number of carboxylic acids is 1. The Kier molecular flexibility index (Phi) is 2.59. The average Bonchev–Trinajstić information content (AvgIpc) is 2.58. The molecule has 0 aliphatic rings. The van der Waals surface area contributed by atoms with Gasteiger partial charge in [-0.3, -0.25) is 4.40 Å². The third-order valence-electron chi connectivity index (χ3n) is 2.36. The molecule has 0 aliphatic carbocycles. The molecule has 0 saturated heterocycles. The summed E-state index contributed by atoms with van der Waals surface area (Å²) >= 11 is 6.05. The molecule has 1 N–H and O–H groups in total. The van der Waals surface area contributed by atoms with Crippen LogP contribution in [0.4, 0.5) is 0 Å². The Balaban J connectivity index is 2.87. The number of carbonyl (C=O) groups is 1. The van der Waals surface area contributed by atoms with Gasteiger partial charge in [0.05, 0.1) is 5.52 Å². The van der Waals surface area contributed by atoms with Gasteiger partial charge in [0.1, 0.15) is 11.0 Å². The topological polar surface area (TPSA) is 54.6 Å². The summed E-state index contributed by atoms with van der Waals surface area (Å²) in [6, 6.07) is 5.14. The number of pyridine rings is 1. The van der Waals surface area contributed by atoms with Crippen molar-refractivity contribution in [3.8, 4) is 0 Å². The maximum Gasteiger partial charge on any atom is 0.356 e. The number of rotatable bonds is 2. The zero-order valence-corrected chi connectivity index (χ0v) is 9.69. The van der Waals surface area contributed by atoms with Crippen molar-refractivity contribution in [2.24, 2.45) is 0 Å². The second-order valence-corrected chi connectivity index (χ2v) is 4.23. The van der Waals surface area contributed by atoms with Gasteiger partial charge in [0, 0.05) is 5.92 Å². The van der Waals surface area contributed by atoms with Crippen molar-refractivity contribution >= 4 is 23.1 Å². The third-order valence-corrected chi connectivity index (χ3v) is 2.65. The number of carboxylic acid groups (broad SMARTS) is 1. The van der Waals surface area contributed by atoms with Crippen molar-refractivity contribution in [3.63, 3.8) is 0 Å². The molecule has 0 radical (unpaired) electrons. The van der Waals surface area contributed by atoms with Crippen LogP contribution in [0.3, 0.4) is 0 Å². The van der Waals surface area contributed by atoms with Crippen LogP contribution in [0.5, 0.6) is 0 Å². The fourth-order valence-corrected chi connectivity index (χ4v) is 1.92. The van der Waals surface area contributed by atoms with Gasteiger partial charge in [-0.2, -0.15) is 0 Å². The summed E-state index contributed by atoms with van der Waals surface area (Å²) in [5, 5.41) is 9.52. The molecule has 16 heavy (non-hydrogen) atoms. The SMILES string of the molecule is CC(C)c1nc(C(=O)O)c2cccc(Cl)n12. The van der Waals surface area contributed by atoms with E-state index < -0.39 is 5.97 Å². The normalized spacial score (nSPS) is 11.2. The summed E-state index contributed by atoms with van der Waals surface area (Å²) in [7, 11) is 0. The monoisotopic (exact) mass is 238 g/mol. The number of aromatic nitrogens is 2. The maximum absolute atomic E-state index is 11.0. The first-order valence-corrected chi connectivity index (χ1v) is 5.30. The minimum Gasteiger partial charge on any atom is -0.476 e. The van der Waals surface area contributed by atoms with Crippen molar-refractivity contribution in [1.29, 1.82) is 0 Å². The second-order valence-electron chi connectivity index (χ2n) is 3.85. The zero-order valence-electron chi connectivity index (χ0n) is 8.94. The van der Waals surface area contributed by atoms with Crippen LogP contribution in [-0.2, 0) is 0 Å². The molecule has 0 aromatic carbocycles. The van der Waals surface area contributed by atoms with Crippen LogP contribution in [-0.4, -0.2) is 20.5 Å². The maximum atomic E-state index is 11.0. The van der Waals surface area contributed by atoms with Gasteiger partial charge in [-0.05, 0) is 12.1 Å². The number of halogens is 1. The fourth-order valence-electron chi connectivity index (χ4n) is 1.67. The summed E-state index contributed by atoms with van der Waals surface area (Å²) < 4.78 is 1.68. The van der Waals surface area contributed by atoms with E-state index in [9.17, 15) is 4.79 Å². The Morgan fingerprint density at radius 2 is 2.19 bits per heavy atom. The first kappa shape index (κ1) is 11.0. The molecule has 0 amide bonds. The lowest BCUT2D eigenvalue weighted by atomic mass is 10.2. The lowest BCUT2D eigenvalue weighted by Crippen LogP contribution is -1.98. The quantitative estimate of drug-likeness (QED) is 0.819. The van der Waals surface area contributed by atoms with E-state index in [0.29, 0.717) is 16.5 Å². The van der Waals surface area contributed by atoms with Crippen molar-refractivity contribution in [3.05, 3.63) is 34.9 Å². The number of aromatic carboxylic acids is 1. The number of fused-ring (bicyclic) bond motifs is 1. The molecule has 5 heteroatoms. The van der Waals surface area contributed by atoms with Crippen molar-refractivity contribution < 1.29 is 9.90 Å². The minimum absolute atomic E-state index is 0.0474. The van der Waals surface area contributed by atoms with E-state index in [1.165, 1.54) is 0 Å². The Labute approximate surface area is 97.5 Å².